The van der Waals surface area contributed by atoms with E-state index in [1.807, 2.05) is 29.1 Å². The van der Waals surface area contributed by atoms with E-state index in [1.165, 1.54) is 12.8 Å². The van der Waals surface area contributed by atoms with E-state index in [0.717, 1.165) is 17.9 Å². The molecule has 2 aromatic rings. The molecule has 0 aliphatic rings. The third-order valence-corrected chi connectivity index (χ3v) is 3.69. The van der Waals surface area contributed by atoms with Crippen molar-refractivity contribution in [2.24, 2.45) is 5.92 Å². The Hall–Kier alpha value is -1.61. The Morgan fingerprint density at radius 1 is 1.15 bits per heavy atom. The fourth-order valence-corrected chi connectivity index (χ4v) is 2.67. The molecule has 0 spiro atoms. The summed E-state index contributed by atoms with van der Waals surface area (Å²) in [5, 5.41) is 8.33. The van der Waals surface area contributed by atoms with Gasteiger partial charge in [0.05, 0.1) is 17.4 Å². The number of hydrogen-bond donors (Lipinski definition) is 1. The predicted octanol–water partition coefficient (Wildman–Crippen LogP) is 3.96. The van der Waals surface area contributed by atoms with E-state index < -0.39 is 0 Å². The third kappa shape index (κ3) is 3.48. The van der Waals surface area contributed by atoms with Gasteiger partial charge in [-0.05, 0) is 37.1 Å². The molecule has 0 aliphatic carbocycles. The zero-order valence-electron chi connectivity index (χ0n) is 12.7. The van der Waals surface area contributed by atoms with Crippen LogP contribution in [0.3, 0.4) is 0 Å². The first kappa shape index (κ1) is 14.8. The summed E-state index contributed by atoms with van der Waals surface area (Å²) < 4.78 is 1.96. The van der Waals surface area contributed by atoms with Gasteiger partial charge in [0.25, 0.3) is 0 Å². The highest BCUT2D eigenvalue weighted by atomic mass is 15.3. The van der Waals surface area contributed by atoms with Crippen LogP contribution in [0.2, 0.25) is 0 Å². The first-order chi connectivity index (χ1) is 9.76. The molecule has 3 nitrogen and oxygen atoms in total. The first-order valence-electron chi connectivity index (χ1n) is 7.60. The van der Waals surface area contributed by atoms with Gasteiger partial charge in [0.2, 0.25) is 0 Å². The Bertz CT molecular complexity index is 504. The maximum absolute atomic E-state index is 4.76. The number of hydrogen-bond acceptors (Lipinski definition) is 2. The Balaban J connectivity index is 2.20. The molecule has 2 rings (SSSR count). The van der Waals surface area contributed by atoms with E-state index in [0.29, 0.717) is 12.0 Å². The SMILES string of the molecule is CCCC(C)C(NCC)c1ccn(-c2ccccc2)n1. The maximum Gasteiger partial charge on any atom is 0.0801 e. The molecule has 0 aliphatic heterocycles. The second-order valence-corrected chi connectivity index (χ2v) is 5.32. The van der Waals surface area contributed by atoms with Crippen molar-refractivity contribution in [1.29, 1.82) is 0 Å². The smallest absolute Gasteiger partial charge is 0.0801 e. The second kappa shape index (κ2) is 7.25. The maximum atomic E-state index is 4.76. The number of benzene rings is 1. The minimum atomic E-state index is 0.338. The van der Waals surface area contributed by atoms with E-state index in [-0.39, 0.29) is 0 Å². The van der Waals surface area contributed by atoms with Crippen molar-refractivity contribution >= 4 is 0 Å². The average Bonchev–Trinajstić information content (AvgIpc) is 2.95. The Morgan fingerprint density at radius 2 is 1.90 bits per heavy atom. The molecule has 1 N–H and O–H groups in total. The highest BCUT2D eigenvalue weighted by molar-refractivity contribution is 5.30. The van der Waals surface area contributed by atoms with E-state index in [4.69, 9.17) is 5.10 Å². The van der Waals surface area contributed by atoms with Gasteiger partial charge in [0, 0.05) is 6.20 Å². The molecule has 1 aromatic carbocycles. The van der Waals surface area contributed by atoms with Gasteiger partial charge in [-0.15, -0.1) is 0 Å². The number of rotatable bonds is 7. The van der Waals surface area contributed by atoms with Crippen LogP contribution in [-0.2, 0) is 0 Å². The van der Waals surface area contributed by atoms with Gasteiger partial charge in [0.15, 0.2) is 0 Å². The quantitative estimate of drug-likeness (QED) is 0.826. The molecule has 2 atom stereocenters. The monoisotopic (exact) mass is 271 g/mol. The lowest BCUT2D eigenvalue weighted by molar-refractivity contribution is 0.361. The van der Waals surface area contributed by atoms with Crippen molar-refractivity contribution in [1.82, 2.24) is 15.1 Å². The molecule has 3 heteroatoms. The summed E-state index contributed by atoms with van der Waals surface area (Å²) in [4.78, 5) is 0. The normalized spacial score (nSPS) is 14.2. The largest absolute Gasteiger partial charge is 0.309 e. The second-order valence-electron chi connectivity index (χ2n) is 5.32. The minimum Gasteiger partial charge on any atom is -0.309 e. The van der Waals surface area contributed by atoms with Crippen LogP contribution in [0.5, 0.6) is 0 Å². The summed E-state index contributed by atoms with van der Waals surface area (Å²) in [6, 6.07) is 12.7. The zero-order valence-corrected chi connectivity index (χ0v) is 12.7. The lowest BCUT2D eigenvalue weighted by Crippen LogP contribution is -2.27. The van der Waals surface area contributed by atoms with Crippen LogP contribution < -0.4 is 5.32 Å². The Labute approximate surface area is 122 Å². The number of para-hydroxylation sites is 1. The fraction of sp³-hybridized carbons (Fsp3) is 0.471. The lowest BCUT2D eigenvalue weighted by Gasteiger charge is -2.22. The van der Waals surface area contributed by atoms with E-state index >= 15 is 0 Å². The van der Waals surface area contributed by atoms with Crippen LogP contribution in [0.1, 0.15) is 45.3 Å². The van der Waals surface area contributed by atoms with Crippen molar-refractivity contribution in [3.63, 3.8) is 0 Å². The zero-order chi connectivity index (χ0) is 14.4. The Morgan fingerprint density at radius 3 is 2.55 bits per heavy atom. The molecule has 0 amide bonds. The van der Waals surface area contributed by atoms with Gasteiger partial charge in [-0.1, -0.05) is 45.4 Å². The molecule has 20 heavy (non-hydrogen) atoms. The summed E-state index contributed by atoms with van der Waals surface area (Å²) >= 11 is 0. The highest BCUT2D eigenvalue weighted by Crippen LogP contribution is 2.24. The molecule has 108 valence electrons. The average molecular weight is 271 g/mol. The molecule has 0 fully saturated rings. The van der Waals surface area contributed by atoms with Crippen LogP contribution >= 0.6 is 0 Å². The van der Waals surface area contributed by atoms with Gasteiger partial charge in [0.1, 0.15) is 0 Å². The van der Waals surface area contributed by atoms with Crippen molar-refractivity contribution in [3.05, 3.63) is 48.3 Å². The van der Waals surface area contributed by atoms with E-state index in [2.05, 4.69) is 44.3 Å². The molecule has 2 unspecified atom stereocenters. The van der Waals surface area contributed by atoms with Crippen LogP contribution in [0.25, 0.3) is 5.69 Å². The number of nitrogens with zero attached hydrogens (tertiary/aromatic N) is 2. The molecule has 0 saturated carbocycles. The molecule has 0 radical (unpaired) electrons. The van der Waals surface area contributed by atoms with Gasteiger partial charge >= 0.3 is 0 Å². The Kier molecular flexibility index (Phi) is 5.36. The van der Waals surface area contributed by atoms with Gasteiger partial charge in [-0.3, -0.25) is 0 Å². The van der Waals surface area contributed by atoms with Crippen molar-refractivity contribution in [2.45, 2.75) is 39.7 Å². The van der Waals surface area contributed by atoms with Crippen LogP contribution in [0.4, 0.5) is 0 Å². The van der Waals surface area contributed by atoms with Crippen molar-refractivity contribution < 1.29 is 0 Å². The standard InChI is InChI=1S/C17H25N3/c1-4-9-14(3)17(18-5-2)16-12-13-20(19-16)15-10-7-6-8-11-15/h6-8,10-14,17-18H,4-5,9H2,1-3H3. The summed E-state index contributed by atoms with van der Waals surface area (Å²) in [5.41, 5.74) is 2.24. The van der Waals surface area contributed by atoms with Crippen molar-refractivity contribution in [2.75, 3.05) is 6.54 Å². The number of aromatic nitrogens is 2. The van der Waals surface area contributed by atoms with Crippen LogP contribution in [-0.4, -0.2) is 16.3 Å². The lowest BCUT2D eigenvalue weighted by atomic mass is 9.94. The molecular formula is C17H25N3. The van der Waals surface area contributed by atoms with Crippen molar-refractivity contribution in [3.8, 4) is 5.69 Å². The number of nitrogens with one attached hydrogen (secondary N) is 1. The van der Waals surface area contributed by atoms with Gasteiger partial charge in [-0.2, -0.15) is 5.10 Å². The molecular weight excluding hydrogens is 246 g/mol. The van der Waals surface area contributed by atoms with Gasteiger partial charge in [-0.25, -0.2) is 4.68 Å². The van der Waals surface area contributed by atoms with E-state index in [1.54, 1.807) is 0 Å². The summed E-state index contributed by atoms with van der Waals surface area (Å²) in [5.74, 6) is 0.596. The first-order valence-corrected chi connectivity index (χ1v) is 7.60. The van der Waals surface area contributed by atoms with Gasteiger partial charge < -0.3 is 5.32 Å². The van der Waals surface area contributed by atoms with Crippen LogP contribution in [0.15, 0.2) is 42.6 Å². The summed E-state index contributed by atoms with van der Waals surface area (Å²) in [6.45, 7) is 7.66. The molecule has 0 bridgehead atoms. The highest BCUT2D eigenvalue weighted by Gasteiger charge is 2.20. The minimum absolute atomic E-state index is 0.338. The summed E-state index contributed by atoms with van der Waals surface area (Å²) in [7, 11) is 0. The summed E-state index contributed by atoms with van der Waals surface area (Å²) in [6.07, 6.45) is 4.48. The fourth-order valence-electron chi connectivity index (χ4n) is 2.67. The molecule has 1 aromatic heterocycles. The van der Waals surface area contributed by atoms with Crippen LogP contribution in [0, 0.1) is 5.92 Å². The molecule has 1 heterocycles. The predicted molar refractivity (Wildman–Crippen MR) is 84.1 cm³/mol. The van der Waals surface area contributed by atoms with E-state index in [9.17, 15) is 0 Å². The topological polar surface area (TPSA) is 29.9 Å². The molecule has 0 saturated heterocycles. The third-order valence-electron chi connectivity index (χ3n) is 3.69.